The predicted molar refractivity (Wildman–Crippen MR) is 140 cm³/mol. The van der Waals surface area contributed by atoms with Gasteiger partial charge in [0.05, 0.1) is 28.6 Å². The van der Waals surface area contributed by atoms with Crippen molar-refractivity contribution in [2.24, 2.45) is 7.05 Å². The number of carbonyl (C=O) groups is 2. The van der Waals surface area contributed by atoms with E-state index in [1.807, 2.05) is 37.3 Å². The molecule has 2 aromatic carbocycles. The van der Waals surface area contributed by atoms with Crippen LogP contribution in [0.5, 0.6) is 0 Å². The Bertz CT molecular complexity index is 1370. The van der Waals surface area contributed by atoms with E-state index < -0.39 is 0 Å². The first kappa shape index (κ1) is 25.2. The van der Waals surface area contributed by atoms with Crippen LogP contribution in [0.3, 0.4) is 0 Å². The van der Waals surface area contributed by atoms with E-state index in [4.69, 9.17) is 23.2 Å². The maximum atomic E-state index is 12.5. The highest BCUT2D eigenvalue weighted by molar-refractivity contribution is 7.99. The third kappa shape index (κ3) is 6.21. The molecular formula is C23H20Cl2N6O2S2. The Balaban J connectivity index is 1.31. The molecule has 0 bridgehead atoms. The second-order valence-electron chi connectivity index (χ2n) is 7.39. The Kier molecular flexibility index (Phi) is 8.07. The van der Waals surface area contributed by atoms with Gasteiger partial charge in [0.1, 0.15) is 0 Å². The van der Waals surface area contributed by atoms with Gasteiger partial charge >= 0.3 is 0 Å². The van der Waals surface area contributed by atoms with Crippen LogP contribution in [-0.2, 0) is 18.4 Å². The Morgan fingerprint density at radius 1 is 1.11 bits per heavy atom. The number of nitrogens with one attached hydrogen (secondary N) is 2. The number of amides is 2. The molecule has 0 fully saturated rings. The Morgan fingerprint density at radius 2 is 1.89 bits per heavy atom. The molecular weight excluding hydrogens is 527 g/mol. The highest BCUT2D eigenvalue weighted by Crippen LogP contribution is 2.30. The zero-order valence-corrected chi connectivity index (χ0v) is 21.9. The van der Waals surface area contributed by atoms with Crippen molar-refractivity contribution in [1.82, 2.24) is 25.1 Å². The van der Waals surface area contributed by atoms with E-state index in [-0.39, 0.29) is 29.1 Å². The summed E-state index contributed by atoms with van der Waals surface area (Å²) < 4.78 is 1.72. The number of anilines is 1. The highest BCUT2D eigenvalue weighted by Gasteiger charge is 2.16. The first-order valence-corrected chi connectivity index (χ1v) is 12.9. The van der Waals surface area contributed by atoms with Gasteiger partial charge in [-0.1, -0.05) is 65.3 Å². The third-order valence-electron chi connectivity index (χ3n) is 4.93. The van der Waals surface area contributed by atoms with Crippen LogP contribution in [0.25, 0.3) is 11.3 Å². The number of carbonyl (C=O) groups excluding carboxylic acids is 2. The lowest BCUT2D eigenvalue weighted by Gasteiger charge is -2.07. The number of rotatable bonds is 8. The molecule has 4 aromatic rings. The number of hydrogen-bond donors (Lipinski definition) is 2. The second kappa shape index (κ2) is 11.2. The summed E-state index contributed by atoms with van der Waals surface area (Å²) in [6.45, 7) is 2.12. The average molecular weight is 547 g/mol. The Morgan fingerprint density at radius 3 is 2.63 bits per heavy atom. The maximum absolute atomic E-state index is 12.5. The van der Waals surface area contributed by atoms with E-state index in [1.54, 1.807) is 23.7 Å². The standard InChI is InChI=1S/C23H20Cl2N6O2S2/c1-13-20(14-6-4-3-5-7-14)28-22(35-13)27-19(32)12-34-23-30-29-18(31(23)2)11-26-21(33)16-9-8-15(24)10-17(16)25/h3-10H,11-12H2,1-2H3,(H,26,33)(H,27,28,32). The first-order chi connectivity index (χ1) is 16.8. The van der Waals surface area contributed by atoms with Gasteiger partial charge in [-0.05, 0) is 25.1 Å². The van der Waals surface area contributed by atoms with Crippen molar-refractivity contribution >= 4 is 63.2 Å². The van der Waals surface area contributed by atoms with Crippen LogP contribution >= 0.6 is 46.3 Å². The lowest BCUT2D eigenvalue weighted by atomic mass is 10.1. The van der Waals surface area contributed by atoms with E-state index in [2.05, 4.69) is 25.8 Å². The molecule has 35 heavy (non-hydrogen) atoms. The topological polar surface area (TPSA) is 102 Å². The van der Waals surface area contributed by atoms with Gasteiger partial charge in [0.2, 0.25) is 5.91 Å². The van der Waals surface area contributed by atoms with Gasteiger partial charge < -0.3 is 15.2 Å². The average Bonchev–Trinajstić information content (AvgIpc) is 3.38. The molecule has 0 saturated heterocycles. The zero-order chi connectivity index (χ0) is 24.9. The van der Waals surface area contributed by atoms with E-state index in [0.717, 1.165) is 16.1 Å². The minimum atomic E-state index is -0.350. The van der Waals surface area contributed by atoms with Crippen molar-refractivity contribution < 1.29 is 9.59 Å². The molecule has 0 unspecified atom stereocenters. The molecule has 12 heteroatoms. The number of aromatic nitrogens is 4. The van der Waals surface area contributed by atoms with Crippen LogP contribution in [0, 0.1) is 6.92 Å². The van der Waals surface area contributed by atoms with Crippen LogP contribution in [0.2, 0.25) is 10.0 Å². The molecule has 4 rings (SSSR count). The van der Waals surface area contributed by atoms with Gasteiger partial charge in [-0.25, -0.2) is 4.98 Å². The lowest BCUT2D eigenvalue weighted by molar-refractivity contribution is -0.113. The number of hydrogen-bond acceptors (Lipinski definition) is 7. The van der Waals surface area contributed by atoms with Gasteiger partial charge in [-0.2, -0.15) is 0 Å². The summed E-state index contributed by atoms with van der Waals surface area (Å²) >= 11 is 14.6. The van der Waals surface area contributed by atoms with Crippen LogP contribution in [0.1, 0.15) is 21.1 Å². The zero-order valence-electron chi connectivity index (χ0n) is 18.7. The van der Waals surface area contributed by atoms with E-state index in [0.29, 0.717) is 26.7 Å². The molecule has 0 saturated carbocycles. The number of thioether (sulfide) groups is 1. The number of nitrogens with zero attached hydrogens (tertiary/aromatic N) is 4. The van der Waals surface area contributed by atoms with Crippen LogP contribution in [0.15, 0.2) is 53.7 Å². The molecule has 0 radical (unpaired) electrons. The van der Waals surface area contributed by atoms with Crippen molar-refractivity contribution in [3.8, 4) is 11.3 Å². The summed E-state index contributed by atoms with van der Waals surface area (Å²) in [5.41, 5.74) is 2.18. The van der Waals surface area contributed by atoms with E-state index >= 15 is 0 Å². The summed E-state index contributed by atoms with van der Waals surface area (Å²) in [5, 5.41) is 15.7. The Hall–Kier alpha value is -2.92. The number of benzene rings is 2. The van der Waals surface area contributed by atoms with Crippen LogP contribution < -0.4 is 10.6 Å². The number of thiazole rings is 1. The molecule has 2 N–H and O–H groups in total. The minimum Gasteiger partial charge on any atom is -0.345 e. The quantitative estimate of drug-likeness (QED) is 0.294. The monoisotopic (exact) mass is 546 g/mol. The predicted octanol–water partition coefficient (Wildman–Crippen LogP) is 5.21. The molecule has 180 valence electrons. The van der Waals surface area contributed by atoms with Gasteiger partial charge in [0, 0.05) is 22.5 Å². The fraction of sp³-hybridized carbons (Fsp3) is 0.174. The fourth-order valence-electron chi connectivity index (χ4n) is 3.15. The van der Waals surface area contributed by atoms with Crippen LogP contribution in [0.4, 0.5) is 5.13 Å². The maximum Gasteiger partial charge on any atom is 0.253 e. The number of aryl methyl sites for hydroxylation is 1. The Labute approximate surface area is 220 Å². The first-order valence-electron chi connectivity index (χ1n) is 10.4. The molecule has 0 spiro atoms. The van der Waals surface area contributed by atoms with E-state index in [1.165, 1.54) is 29.2 Å². The normalized spacial score (nSPS) is 10.9. The molecule has 2 aromatic heterocycles. The molecule has 0 aliphatic carbocycles. The molecule has 2 amide bonds. The second-order valence-corrected chi connectivity index (χ2v) is 10.4. The third-order valence-corrected chi connectivity index (χ3v) is 7.38. The lowest BCUT2D eigenvalue weighted by Crippen LogP contribution is -2.24. The van der Waals surface area contributed by atoms with Crippen molar-refractivity contribution in [1.29, 1.82) is 0 Å². The van der Waals surface area contributed by atoms with Gasteiger partial charge in [0.25, 0.3) is 5.91 Å². The van der Waals surface area contributed by atoms with E-state index in [9.17, 15) is 9.59 Å². The van der Waals surface area contributed by atoms with Crippen molar-refractivity contribution in [3.63, 3.8) is 0 Å². The SMILES string of the molecule is Cc1sc(NC(=O)CSc2nnc(CNC(=O)c3ccc(Cl)cc3Cl)n2C)nc1-c1ccccc1. The smallest absolute Gasteiger partial charge is 0.253 e. The number of halogens is 2. The molecule has 0 atom stereocenters. The summed E-state index contributed by atoms with van der Waals surface area (Å²) in [6, 6.07) is 14.5. The molecule has 0 aliphatic heterocycles. The molecule has 0 aliphatic rings. The van der Waals surface area contributed by atoms with Gasteiger partial charge in [-0.3, -0.25) is 9.59 Å². The summed E-state index contributed by atoms with van der Waals surface area (Å²) in [5.74, 6) is 0.128. The minimum absolute atomic E-state index is 0.137. The van der Waals surface area contributed by atoms with Crippen molar-refractivity contribution in [2.75, 3.05) is 11.1 Å². The largest absolute Gasteiger partial charge is 0.345 e. The van der Waals surface area contributed by atoms with Gasteiger partial charge in [0.15, 0.2) is 16.1 Å². The molecule has 8 nitrogen and oxygen atoms in total. The van der Waals surface area contributed by atoms with Crippen molar-refractivity contribution in [2.45, 2.75) is 18.6 Å². The highest BCUT2D eigenvalue weighted by atomic mass is 35.5. The van der Waals surface area contributed by atoms with Crippen LogP contribution in [-0.4, -0.2) is 37.3 Å². The summed E-state index contributed by atoms with van der Waals surface area (Å²) in [7, 11) is 1.77. The van der Waals surface area contributed by atoms with Crippen molar-refractivity contribution in [3.05, 3.63) is 74.8 Å². The fourth-order valence-corrected chi connectivity index (χ4v) is 5.23. The molecule has 2 heterocycles. The van der Waals surface area contributed by atoms with Gasteiger partial charge in [-0.15, -0.1) is 21.5 Å². The summed E-state index contributed by atoms with van der Waals surface area (Å²) in [4.78, 5) is 30.5. The summed E-state index contributed by atoms with van der Waals surface area (Å²) in [6.07, 6.45) is 0.